The Kier molecular flexibility index (Phi) is 6.28. The number of halogens is 1. The minimum atomic E-state index is -0.605. The summed E-state index contributed by atoms with van der Waals surface area (Å²) in [5.41, 5.74) is -0.103. The highest BCUT2D eigenvalue weighted by atomic mass is 19.1. The SMILES string of the molecule is COc1ccc(CC2(CCC(=O)NCCn3cccn3)CCC(=O)N2)c(F)c1. The Morgan fingerprint density at radius 2 is 2.32 bits per heavy atom. The predicted octanol–water partition coefficient (Wildman–Crippen LogP) is 1.82. The molecule has 7 nitrogen and oxygen atoms in total. The van der Waals surface area contributed by atoms with Crippen molar-refractivity contribution in [1.82, 2.24) is 20.4 Å². The number of benzene rings is 1. The molecule has 1 fully saturated rings. The number of nitrogens with one attached hydrogen (secondary N) is 2. The zero-order chi connectivity index (χ0) is 20.0. The van der Waals surface area contributed by atoms with Crippen LogP contribution in [0.25, 0.3) is 0 Å². The van der Waals surface area contributed by atoms with Gasteiger partial charge in [-0.15, -0.1) is 0 Å². The molecule has 0 spiro atoms. The van der Waals surface area contributed by atoms with E-state index in [1.165, 1.54) is 13.2 Å². The van der Waals surface area contributed by atoms with E-state index < -0.39 is 5.54 Å². The zero-order valence-electron chi connectivity index (χ0n) is 15.9. The first-order valence-electron chi connectivity index (χ1n) is 9.37. The lowest BCUT2D eigenvalue weighted by molar-refractivity contribution is -0.122. The third-order valence-corrected chi connectivity index (χ3v) is 5.08. The van der Waals surface area contributed by atoms with E-state index in [0.29, 0.717) is 50.1 Å². The molecule has 1 saturated heterocycles. The normalized spacial score (nSPS) is 18.7. The smallest absolute Gasteiger partial charge is 0.220 e. The predicted molar refractivity (Wildman–Crippen MR) is 101 cm³/mol. The molecule has 1 atom stereocenters. The van der Waals surface area contributed by atoms with Crippen molar-refractivity contribution in [2.75, 3.05) is 13.7 Å². The van der Waals surface area contributed by atoms with E-state index in [2.05, 4.69) is 15.7 Å². The lowest BCUT2D eigenvalue weighted by atomic mass is 9.84. The van der Waals surface area contributed by atoms with Gasteiger partial charge in [0.15, 0.2) is 0 Å². The molecule has 1 aliphatic rings. The summed E-state index contributed by atoms with van der Waals surface area (Å²) in [4.78, 5) is 24.1. The van der Waals surface area contributed by atoms with Gasteiger partial charge in [-0.1, -0.05) is 6.07 Å². The molecule has 0 bridgehead atoms. The summed E-state index contributed by atoms with van der Waals surface area (Å²) in [7, 11) is 1.48. The second-order valence-corrected chi connectivity index (χ2v) is 7.08. The first-order valence-corrected chi connectivity index (χ1v) is 9.37. The number of hydrogen-bond donors (Lipinski definition) is 2. The third-order valence-electron chi connectivity index (χ3n) is 5.08. The number of hydrogen-bond acceptors (Lipinski definition) is 4. The maximum Gasteiger partial charge on any atom is 0.220 e. The van der Waals surface area contributed by atoms with Gasteiger partial charge in [-0.2, -0.15) is 5.10 Å². The standard InChI is InChI=1S/C20H25FN4O3/c1-28-16-4-3-15(17(21)13-16)14-20(8-6-19(27)24-20)7-5-18(26)22-10-12-25-11-2-9-23-25/h2-4,9,11,13H,5-8,10,12,14H2,1H3,(H,22,26)(H,24,27). The van der Waals surface area contributed by atoms with Crippen molar-refractivity contribution < 1.29 is 18.7 Å². The van der Waals surface area contributed by atoms with Gasteiger partial charge in [0.2, 0.25) is 11.8 Å². The topological polar surface area (TPSA) is 85.2 Å². The minimum Gasteiger partial charge on any atom is -0.497 e. The summed E-state index contributed by atoms with van der Waals surface area (Å²) in [6.45, 7) is 1.07. The fraction of sp³-hybridized carbons (Fsp3) is 0.450. The first kappa shape index (κ1) is 19.9. The van der Waals surface area contributed by atoms with Crippen LogP contribution in [-0.2, 0) is 22.6 Å². The fourth-order valence-electron chi connectivity index (χ4n) is 3.53. The second kappa shape index (κ2) is 8.86. The van der Waals surface area contributed by atoms with Crippen molar-refractivity contribution in [3.8, 4) is 5.75 Å². The molecule has 1 aromatic heterocycles. The van der Waals surface area contributed by atoms with Gasteiger partial charge in [0, 0.05) is 43.4 Å². The van der Waals surface area contributed by atoms with Gasteiger partial charge >= 0.3 is 0 Å². The average Bonchev–Trinajstić information content (AvgIpc) is 3.32. The van der Waals surface area contributed by atoms with Crippen LogP contribution in [0.2, 0.25) is 0 Å². The molecule has 0 aliphatic carbocycles. The first-order chi connectivity index (χ1) is 13.5. The Morgan fingerprint density at radius 1 is 1.46 bits per heavy atom. The summed E-state index contributed by atoms with van der Waals surface area (Å²) in [6, 6.07) is 6.53. The largest absolute Gasteiger partial charge is 0.497 e. The molecule has 2 amide bonds. The van der Waals surface area contributed by atoms with Crippen LogP contribution in [0.5, 0.6) is 5.75 Å². The van der Waals surface area contributed by atoms with Crippen LogP contribution in [0.3, 0.4) is 0 Å². The summed E-state index contributed by atoms with van der Waals surface area (Å²) in [5.74, 6) is -0.0817. The van der Waals surface area contributed by atoms with Crippen molar-refractivity contribution in [2.45, 2.75) is 44.2 Å². The summed E-state index contributed by atoms with van der Waals surface area (Å²) in [6.07, 6.45) is 5.55. The van der Waals surface area contributed by atoms with Crippen LogP contribution < -0.4 is 15.4 Å². The average molecular weight is 388 g/mol. The Hall–Kier alpha value is -2.90. The lowest BCUT2D eigenvalue weighted by Crippen LogP contribution is -2.45. The quantitative estimate of drug-likeness (QED) is 0.686. The number of amides is 2. The summed E-state index contributed by atoms with van der Waals surface area (Å²) in [5, 5.41) is 9.92. The summed E-state index contributed by atoms with van der Waals surface area (Å²) >= 11 is 0. The van der Waals surface area contributed by atoms with E-state index in [9.17, 15) is 14.0 Å². The molecule has 150 valence electrons. The molecular formula is C20H25FN4O3. The van der Waals surface area contributed by atoms with Gasteiger partial charge in [-0.25, -0.2) is 4.39 Å². The number of carbonyl (C=O) groups is 2. The van der Waals surface area contributed by atoms with Crippen LogP contribution in [-0.4, -0.2) is 40.8 Å². The van der Waals surface area contributed by atoms with Crippen molar-refractivity contribution >= 4 is 11.8 Å². The molecule has 1 unspecified atom stereocenters. The molecule has 0 saturated carbocycles. The molecule has 0 radical (unpaired) electrons. The lowest BCUT2D eigenvalue weighted by Gasteiger charge is -2.29. The van der Waals surface area contributed by atoms with E-state index in [0.717, 1.165) is 0 Å². The minimum absolute atomic E-state index is 0.0620. The highest BCUT2D eigenvalue weighted by molar-refractivity contribution is 5.80. The van der Waals surface area contributed by atoms with E-state index in [1.807, 2.05) is 12.3 Å². The van der Waals surface area contributed by atoms with Crippen LogP contribution in [0.1, 0.15) is 31.2 Å². The van der Waals surface area contributed by atoms with Gasteiger partial charge in [0.25, 0.3) is 0 Å². The number of aromatic nitrogens is 2. The van der Waals surface area contributed by atoms with E-state index in [1.54, 1.807) is 23.0 Å². The van der Waals surface area contributed by atoms with Crippen molar-refractivity contribution in [3.63, 3.8) is 0 Å². The number of rotatable bonds is 9. The third kappa shape index (κ3) is 5.09. The van der Waals surface area contributed by atoms with Crippen LogP contribution in [0.4, 0.5) is 4.39 Å². The molecule has 2 aromatic rings. The Bertz CT molecular complexity index is 825. The maximum absolute atomic E-state index is 14.4. The molecule has 1 aliphatic heterocycles. The van der Waals surface area contributed by atoms with Gasteiger partial charge in [-0.3, -0.25) is 14.3 Å². The van der Waals surface area contributed by atoms with Gasteiger partial charge in [-0.05, 0) is 37.0 Å². The molecule has 1 aromatic carbocycles. The second-order valence-electron chi connectivity index (χ2n) is 7.08. The van der Waals surface area contributed by atoms with Crippen molar-refractivity contribution in [3.05, 3.63) is 48.0 Å². The van der Waals surface area contributed by atoms with Crippen molar-refractivity contribution in [1.29, 1.82) is 0 Å². The highest BCUT2D eigenvalue weighted by Gasteiger charge is 2.38. The maximum atomic E-state index is 14.4. The van der Waals surface area contributed by atoms with Crippen LogP contribution >= 0.6 is 0 Å². The van der Waals surface area contributed by atoms with Gasteiger partial charge in [0.05, 0.1) is 13.7 Å². The number of carbonyl (C=O) groups excluding carboxylic acids is 2. The Balaban J connectivity index is 1.57. The van der Waals surface area contributed by atoms with Gasteiger partial charge < -0.3 is 15.4 Å². The molecule has 28 heavy (non-hydrogen) atoms. The molecule has 2 heterocycles. The number of methoxy groups -OCH3 is 1. The monoisotopic (exact) mass is 388 g/mol. The summed E-state index contributed by atoms with van der Waals surface area (Å²) < 4.78 is 21.2. The highest BCUT2D eigenvalue weighted by Crippen LogP contribution is 2.31. The van der Waals surface area contributed by atoms with E-state index in [4.69, 9.17) is 4.74 Å². The van der Waals surface area contributed by atoms with Crippen molar-refractivity contribution in [2.24, 2.45) is 0 Å². The van der Waals surface area contributed by atoms with E-state index >= 15 is 0 Å². The Labute approximate surface area is 163 Å². The van der Waals surface area contributed by atoms with E-state index in [-0.39, 0.29) is 24.1 Å². The molecule has 2 N–H and O–H groups in total. The molecular weight excluding hydrogens is 363 g/mol. The van der Waals surface area contributed by atoms with Crippen LogP contribution in [0, 0.1) is 5.82 Å². The number of ether oxygens (including phenoxy) is 1. The zero-order valence-corrected chi connectivity index (χ0v) is 15.9. The molecule has 3 rings (SSSR count). The van der Waals surface area contributed by atoms with Crippen LogP contribution in [0.15, 0.2) is 36.7 Å². The molecule has 8 heteroatoms. The number of nitrogens with zero attached hydrogens (tertiary/aromatic N) is 2. The fourth-order valence-corrected chi connectivity index (χ4v) is 3.53. The Morgan fingerprint density at radius 3 is 2.96 bits per heavy atom. The van der Waals surface area contributed by atoms with Gasteiger partial charge in [0.1, 0.15) is 11.6 Å².